The summed E-state index contributed by atoms with van der Waals surface area (Å²) in [6.07, 6.45) is 5.55. The van der Waals surface area contributed by atoms with Crippen molar-refractivity contribution in [3.05, 3.63) is 114 Å². The molecule has 3 heteroatoms. The minimum Gasteiger partial charge on any atom is -0.327 e. The van der Waals surface area contributed by atoms with Crippen LogP contribution in [0, 0.1) is 0 Å². The third-order valence-electron chi connectivity index (χ3n) is 6.58. The van der Waals surface area contributed by atoms with Gasteiger partial charge in [0.1, 0.15) is 5.82 Å². The Bertz CT molecular complexity index is 1100. The molecule has 34 heavy (non-hydrogen) atoms. The van der Waals surface area contributed by atoms with Crippen LogP contribution >= 0.6 is 0 Å². The number of nitrogens with zero attached hydrogens (tertiary/aromatic N) is 3. The van der Waals surface area contributed by atoms with Crippen molar-refractivity contribution in [3.8, 4) is 11.4 Å². The van der Waals surface area contributed by atoms with E-state index in [1.165, 1.54) is 28.8 Å². The van der Waals surface area contributed by atoms with Gasteiger partial charge in [0.05, 0.1) is 11.9 Å². The minimum atomic E-state index is 0.505. The minimum absolute atomic E-state index is 0.505. The zero-order valence-corrected chi connectivity index (χ0v) is 20.6. The van der Waals surface area contributed by atoms with Gasteiger partial charge in [-0.15, -0.1) is 0 Å². The smallest absolute Gasteiger partial charge is 0.140 e. The SMILES string of the molecule is CCCCn1c(CN(Cc2ccccc2)CC(CC)c2ccccc2)cnc1-c1ccccc1. The highest BCUT2D eigenvalue weighted by atomic mass is 15.2. The molecule has 3 nitrogen and oxygen atoms in total. The Morgan fingerprint density at radius 1 is 0.794 bits per heavy atom. The van der Waals surface area contributed by atoms with Crippen molar-refractivity contribution in [2.45, 2.75) is 58.7 Å². The van der Waals surface area contributed by atoms with E-state index in [4.69, 9.17) is 4.98 Å². The molecule has 0 N–H and O–H groups in total. The Hall–Kier alpha value is -3.17. The van der Waals surface area contributed by atoms with Crippen molar-refractivity contribution in [2.75, 3.05) is 6.54 Å². The Morgan fingerprint density at radius 3 is 2.09 bits per heavy atom. The molecule has 4 aromatic rings. The molecular weight excluding hydrogens is 414 g/mol. The molecule has 1 aromatic heterocycles. The molecule has 1 atom stereocenters. The quantitative estimate of drug-likeness (QED) is 0.222. The predicted octanol–water partition coefficient (Wildman–Crippen LogP) is 7.55. The van der Waals surface area contributed by atoms with Crippen LogP contribution in [0.4, 0.5) is 0 Å². The second-order valence-electron chi connectivity index (χ2n) is 9.12. The van der Waals surface area contributed by atoms with E-state index in [1.54, 1.807) is 0 Å². The average Bonchev–Trinajstić information content (AvgIpc) is 3.29. The van der Waals surface area contributed by atoms with Gasteiger partial charge in [0, 0.05) is 31.7 Å². The summed E-state index contributed by atoms with van der Waals surface area (Å²) in [5.74, 6) is 1.59. The average molecular weight is 452 g/mol. The zero-order chi connectivity index (χ0) is 23.6. The fourth-order valence-electron chi connectivity index (χ4n) is 4.68. The highest BCUT2D eigenvalue weighted by molar-refractivity contribution is 5.55. The van der Waals surface area contributed by atoms with Crippen LogP contribution in [0.25, 0.3) is 11.4 Å². The molecular formula is C31H37N3. The highest BCUT2D eigenvalue weighted by Gasteiger charge is 2.19. The van der Waals surface area contributed by atoms with Crippen molar-refractivity contribution in [1.29, 1.82) is 0 Å². The van der Waals surface area contributed by atoms with Crippen molar-refractivity contribution < 1.29 is 0 Å². The summed E-state index contributed by atoms with van der Waals surface area (Å²) in [5.41, 5.74) is 5.27. The van der Waals surface area contributed by atoms with Gasteiger partial charge in [-0.2, -0.15) is 0 Å². The summed E-state index contributed by atoms with van der Waals surface area (Å²) < 4.78 is 2.44. The first kappa shape index (κ1) is 24.0. The second-order valence-corrected chi connectivity index (χ2v) is 9.12. The summed E-state index contributed by atoms with van der Waals surface area (Å²) in [7, 11) is 0. The highest BCUT2D eigenvalue weighted by Crippen LogP contribution is 2.25. The first-order chi connectivity index (χ1) is 16.8. The number of unbranched alkanes of at least 4 members (excludes halogenated alkanes) is 1. The van der Waals surface area contributed by atoms with E-state index in [-0.39, 0.29) is 0 Å². The summed E-state index contributed by atoms with van der Waals surface area (Å²) in [4.78, 5) is 7.50. The summed E-state index contributed by atoms with van der Waals surface area (Å²) >= 11 is 0. The molecule has 0 saturated carbocycles. The molecule has 4 rings (SSSR count). The number of imidazole rings is 1. The molecule has 0 saturated heterocycles. The second kappa shape index (κ2) is 12.3. The Kier molecular flexibility index (Phi) is 8.70. The lowest BCUT2D eigenvalue weighted by Gasteiger charge is -2.28. The van der Waals surface area contributed by atoms with Gasteiger partial charge in [-0.3, -0.25) is 4.90 Å². The molecule has 1 heterocycles. The van der Waals surface area contributed by atoms with Crippen molar-refractivity contribution >= 4 is 0 Å². The van der Waals surface area contributed by atoms with Crippen LogP contribution in [0.5, 0.6) is 0 Å². The van der Waals surface area contributed by atoms with E-state index in [1.807, 2.05) is 0 Å². The van der Waals surface area contributed by atoms with Gasteiger partial charge in [0.25, 0.3) is 0 Å². The van der Waals surface area contributed by atoms with Gasteiger partial charge in [-0.1, -0.05) is 111 Å². The predicted molar refractivity (Wildman–Crippen MR) is 143 cm³/mol. The molecule has 0 radical (unpaired) electrons. The molecule has 0 amide bonds. The molecule has 0 aliphatic carbocycles. The summed E-state index contributed by atoms with van der Waals surface area (Å²) in [6, 6.07) is 32.4. The Morgan fingerprint density at radius 2 is 1.44 bits per heavy atom. The van der Waals surface area contributed by atoms with Crippen molar-refractivity contribution in [3.63, 3.8) is 0 Å². The van der Waals surface area contributed by atoms with Gasteiger partial charge in [-0.25, -0.2) is 4.98 Å². The third kappa shape index (κ3) is 6.24. The fourth-order valence-corrected chi connectivity index (χ4v) is 4.68. The first-order valence-electron chi connectivity index (χ1n) is 12.7. The Balaban J connectivity index is 1.63. The summed E-state index contributed by atoms with van der Waals surface area (Å²) in [6.45, 7) is 8.41. The number of benzene rings is 3. The van der Waals surface area contributed by atoms with E-state index in [0.717, 1.165) is 44.8 Å². The normalized spacial score (nSPS) is 12.2. The van der Waals surface area contributed by atoms with Crippen LogP contribution in [-0.2, 0) is 19.6 Å². The van der Waals surface area contributed by atoms with Gasteiger partial charge < -0.3 is 4.57 Å². The standard InChI is InChI=1S/C31H37N3/c1-3-5-21-34-30(22-32-31(34)29-19-13-8-14-20-29)25-33(23-26-15-9-6-10-16-26)24-27(4-2)28-17-11-7-12-18-28/h6-20,22,27H,3-5,21,23-25H2,1-2H3. The van der Waals surface area contributed by atoms with Crippen LogP contribution in [0.2, 0.25) is 0 Å². The van der Waals surface area contributed by atoms with Gasteiger partial charge in [-0.05, 0) is 29.9 Å². The molecule has 0 aliphatic heterocycles. The van der Waals surface area contributed by atoms with E-state index in [9.17, 15) is 0 Å². The lowest BCUT2D eigenvalue weighted by molar-refractivity contribution is 0.231. The maximum absolute atomic E-state index is 4.89. The molecule has 1 unspecified atom stereocenters. The number of rotatable bonds is 12. The van der Waals surface area contributed by atoms with Gasteiger partial charge >= 0.3 is 0 Å². The maximum Gasteiger partial charge on any atom is 0.140 e. The third-order valence-corrected chi connectivity index (χ3v) is 6.58. The van der Waals surface area contributed by atoms with E-state index in [2.05, 4.69) is 121 Å². The molecule has 0 aliphatic rings. The van der Waals surface area contributed by atoms with Crippen LogP contribution in [0.15, 0.2) is 97.2 Å². The zero-order valence-electron chi connectivity index (χ0n) is 20.6. The number of aromatic nitrogens is 2. The van der Waals surface area contributed by atoms with Gasteiger partial charge in [0.15, 0.2) is 0 Å². The molecule has 176 valence electrons. The monoisotopic (exact) mass is 451 g/mol. The van der Waals surface area contributed by atoms with Crippen LogP contribution in [0.3, 0.4) is 0 Å². The number of hydrogen-bond acceptors (Lipinski definition) is 2. The van der Waals surface area contributed by atoms with Gasteiger partial charge in [0.2, 0.25) is 0 Å². The van der Waals surface area contributed by atoms with Crippen molar-refractivity contribution in [2.24, 2.45) is 0 Å². The van der Waals surface area contributed by atoms with Crippen LogP contribution in [-0.4, -0.2) is 21.0 Å². The lowest BCUT2D eigenvalue weighted by Crippen LogP contribution is -2.29. The van der Waals surface area contributed by atoms with E-state index < -0.39 is 0 Å². The molecule has 0 bridgehead atoms. The van der Waals surface area contributed by atoms with Crippen molar-refractivity contribution in [1.82, 2.24) is 14.5 Å². The topological polar surface area (TPSA) is 21.1 Å². The largest absolute Gasteiger partial charge is 0.327 e. The molecule has 0 spiro atoms. The fraction of sp³-hybridized carbons (Fsp3) is 0.323. The number of hydrogen-bond donors (Lipinski definition) is 0. The summed E-state index contributed by atoms with van der Waals surface area (Å²) in [5, 5.41) is 0. The molecule has 0 fully saturated rings. The maximum atomic E-state index is 4.89. The Labute approximate surface area is 205 Å². The lowest BCUT2D eigenvalue weighted by atomic mass is 9.95. The molecule has 3 aromatic carbocycles. The first-order valence-corrected chi connectivity index (χ1v) is 12.7. The van der Waals surface area contributed by atoms with E-state index >= 15 is 0 Å². The van der Waals surface area contributed by atoms with E-state index in [0.29, 0.717) is 5.92 Å². The van der Waals surface area contributed by atoms with Crippen LogP contribution < -0.4 is 0 Å². The van der Waals surface area contributed by atoms with Crippen LogP contribution in [0.1, 0.15) is 55.8 Å².